The lowest BCUT2D eigenvalue weighted by atomic mass is 9.99. The number of nitrogens with zero attached hydrogens (tertiary/aromatic N) is 1. The number of hydrogen-bond donors (Lipinski definition) is 1. The van der Waals surface area contributed by atoms with Gasteiger partial charge in [0.1, 0.15) is 5.82 Å². The summed E-state index contributed by atoms with van der Waals surface area (Å²) in [5, 5.41) is 3.42. The van der Waals surface area contributed by atoms with Crippen molar-refractivity contribution in [1.29, 1.82) is 0 Å². The van der Waals surface area contributed by atoms with E-state index in [0.717, 1.165) is 24.7 Å². The Morgan fingerprint density at radius 2 is 1.83 bits per heavy atom. The number of rotatable bonds is 3. The molecule has 3 rings (SSSR count). The van der Waals surface area contributed by atoms with Crippen molar-refractivity contribution < 1.29 is 9.18 Å². The zero-order valence-electron chi connectivity index (χ0n) is 13.6. The number of benzene rings is 2. The molecular formula is C19H20ClFN2O. The summed E-state index contributed by atoms with van der Waals surface area (Å²) in [6.45, 7) is 4.28. The summed E-state index contributed by atoms with van der Waals surface area (Å²) < 4.78 is 12.9. The molecule has 3 nitrogen and oxygen atoms in total. The molecule has 0 unspecified atom stereocenters. The van der Waals surface area contributed by atoms with E-state index in [2.05, 4.69) is 17.1 Å². The summed E-state index contributed by atoms with van der Waals surface area (Å²) in [6.07, 6.45) is 2.33. The fraction of sp³-hybridized carbons (Fsp3) is 0.316. The minimum atomic E-state index is -0.366. The second-order valence-corrected chi connectivity index (χ2v) is 6.70. The first-order valence-electron chi connectivity index (χ1n) is 8.14. The summed E-state index contributed by atoms with van der Waals surface area (Å²) in [4.78, 5) is 14.5. The molecule has 0 atom stereocenters. The molecule has 1 fully saturated rings. The molecule has 5 heteroatoms. The molecule has 1 aliphatic rings. The highest BCUT2D eigenvalue weighted by molar-refractivity contribution is 6.33. The van der Waals surface area contributed by atoms with Crippen LogP contribution >= 0.6 is 11.6 Å². The maximum absolute atomic E-state index is 12.9. The van der Waals surface area contributed by atoms with Gasteiger partial charge in [-0.25, -0.2) is 4.39 Å². The van der Waals surface area contributed by atoms with E-state index in [-0.39, 0.29) is 11.7 Å². The standard InChI is InChI=1S/C19H20ClFN2O/c1-13-8-10-23(11-9-13)18-7-6-16(12-17(18)20)22-19(24)14-2-4-15(21)5-3-14/h2-7,12-13H,8-11H2,1H3,(H,22,24). The van der Waals surface area contributed by atoms with E-state index < -0.39 is 0 Å². The van der Waals surface area contributed by atoms with Gasteiger partial charge in [0.25, 0.3) is 5.91 Å². The van der Waals surface area contributed by atoms with Crippen LogP contribution in [0.3, 0.4) is 0 Å². The highest BCUT2D eigenvalue weighted by Crippen LogP contribution is 2.32. The molecule has 0 spiro atoms. The predicted molar refractivity (Wildman–Crippen MR) is 96.4 cm³/mol. The van der Waals surface area contributed by atoms with Gasteiger partial charge in [-0.1, -0.05) is 18.5 Å². The van der Waals surface area contributed by atoms with Gasteiger partial charge in [-0.3, -0.25) is 4.79 Å². The molecule has 1 heterocycles. The van der Waals surface area contributed by atoms with Gasteiger partial charge in [0.05, 0.1) is 10.7 Å². The Morgan fingerprint density at radius 1 is 1.17 bits per heavy atom. The molecule has 126 valence electrons. The second kappa shape index (κ2) is 7.22. The van der Waals surface area contributed by atoms with Gasteiger partial charge in [-0.2, -0.15) is 0 Å². The lowest BCUT2D eigenvalue weighted by molar-refractivity contribution is 0.102. The minimum absolute atomic E-state index is 0.286. The predicted octanol–water partition coefficient (Wildman–Crippen LogP) is 4.97. The fourth-order valence-corrected chi connectivity index (χ4v) is 3.20. The number of carbonyl (C=O) groups excluding carboxylic acids is 1. The van der Waals surface area contributed by atoms with Crippen molar-refractivity contribution >= 4 is 28.9 Å². The highest BCUT2D eigenvalue weighted by atomic mass is 35.5. The zero-order valence-corrected chi connectivity index (χ0v) is 14.3. The van der Waals surface area contributed by atoms with E-state index in [9.17, 15) is 9.18 Å². The van der Waals surface area contributed by atoms with Crippen LogP contribution < -0.4 is 10.2 Å². The van der Waals surface area contributed by atoms with Gasteiger partial charge < -0.3 is 10.2 Å². The Balaban J connectivity index is 1.70. The number of amides is 1. The number of piperidine rings is 1. The third kappa shape index (κ3) is 3.88. The first-order valence-corrected chi connectivity index (χ1v) is 8.52. The SMILES string of the molecule is CC1CCN(c2ccc(NC(=O)c3ccc(F)cc3)cc2Cl)CC1. The number of carbonyl (C=O) groups is 1. The third-order valence-electron chi connectivity index (χ3n) is 4.44. The molecule has 1 amide bonds. The van der Waals surface area contributed by atoms with Gasteiger partial charge in [0, 0.05) is 24.3 Å². The van der Waals surface area contributed by atoms with Crippen LogP contribution in [-0.4, -0.2) is 19.0 Å². The normalized spacial score (nSPS) is 15.4. The summed E-state index contributed by atoms with van der Waals surface area (Å²) in [5.41, 5.74) is 2.04. The smallest absolute Gasteiger partial charge is 0.255 e. The topological polar surface area (TPSA) is 32.3 Å². The first kappa shape index (κ1) is 16.8. The molecule has 0 saturated carbocycles. The Hall–Kier alpha value is -2.07. The molecule has 0 bridgehead atoms. The van der Waals surface area contributed by atoms with Gasteiger partial charge in [0.15, 0.2) is 0 Å². The number of hydrogen-bond acceptors (Lipinski definition) is 2. The molecule has 2 aromatic carbocycles. The fourth-order valence-electron chi connectivity index (χ4n) is 2.90. The zero-order chi connectivity index (χ0) is 17.1. The first-order chi connectivity index (χ1) is 11.5. The number of nitrogens with one attached hydrogen (secondary N) is 1. The lowest BCUT2D eigenvalue weighted by Crippen LogP contribution is -2.32. The van der Waals surface area contributed by atoms with E-state index >= 15 is 0 Å². The van der Waals surface area contributed by atoms with Crippen LogP contribution in [0.5, 0.6) is 0 Å². The van der Waals surface area contributed by atoms with Crippen LogP contribution in [0.1, 0.15) is 30.1 Å². The van der Waals surface area contributed by atoms with Gasteiger partial charge >= 0.3 is 0 Å². The molecule has 24 heavy (non-hydrogen) atoms. The van der Waals surface area contributed by atoms with Crippen LogP contribution in [-0.2, 0) is 0 Å². The molecule has 1 saturated heterocycles. The Kier molecular flexibility index (Phi) is 5.05. The lowest BCUT2D eigenvalue weighted by Gasteiger charge is -2.32. The average Bonchev–Trinajstić information content (AvgIpc) is 2.57. The van der Waals surface area contributed by atoms with E-state index in [1.54, 1.807) is 6.07 Å². The van der Waals surface area contributed by atoms with E-state index in [4.69, 9.17) is 11.6 Å². The molecule has 1 N–H and O–H groups in total. The molecule has 0 aliphatic carbocycles. The Labute approximate surface area is 146 Å². The van der Waals surface area contributed by atoms with Crippen LogP contribution in [0.4, 0.5) is 15.8 Å². The Morgan fingerprint density at radius 3 is 2.46 bits per heavy atom. The van der Waals surface area contributed by atoms with E-state index in [0.29, 0.717) is 16.3 Å². The van der Waals surface area contributed by atoms with Crippen LogP contribution in [0, 0.1) is 11.7 Å². The second-order valence-electron chi connectivity index (χ2n) is 6.30. The van der Waals surface area contributed by atoms with Crippen molar-refractivity contribution in [2.24, 2.45) is 5.92 Å². The van der Waals surface area contributed by atoms with Crippen molar-refractivity contribution in [3.05, 3.63) is 58.9 Å². The van der Waals surface area contributed by atoms with E-state index in [1.807, 2.05) is 12.1 Å². The van der Waals surface area contributed by atoms with Crippen molar-refractivity contribution in [3.8, 4) is 0 Å². The van der Waals surface area contributed by atoms with Gasteiger partial charge in [0.2, 0.25) is 0 Å². The van der Waals surface area contributed by atoms with Gasteiger partial charge in [-0.05, 0) is 61.2 Å². The quantitative estimate of drug-likeness (QED) is 0.851. The maximum Gasteiger partial charge on any atom is 0.255 e. The molecule has 2 aromatic rings. The van der Waals surface area contributed by atoms with Crippen molar-refractivity contribution in [2.45, 2.75) is 19.8 Å². The van der Waals surface area contributed by atoms with Crippen molar-refractivity contribution in [1.82, 2.24) is 0 Å². The van der Waals surface area contributed by atoms with Crippen LogP contribution in [0.2, 0.25) is 5.02 Å². The monoisotopic (exact) mass is 346 g/mol. The maximum atomic E-state index is 12.9. The third-order valence-corrected chi connectivity index (χ3v) is 4.74. The Bertz CT molecular complexity index is 725. The van der Waals surface area contributed by atoms with Crippen LogP contribution in [0.25, 0.3) is 0 Å². The molecule has 0 radical (unpaired) electrons. The minimum Gasteiger partial charge on any atom is -0.370 e. The number of halogens is 2. The molecule has 0 aromatic heterocycles. The van der Waals surface area contributed by atoms with Crippen LogP contribution in [0.15, 0.2) is 42.5 Å². The summed E-state index contributed by atoms with van der Waals surface area (Å²) in [6, 6.07) is 11.0. The number of anilines is 2. The van der Waals surface area contributed by atoms with Crippen molar-refractivity contribution in [3.63, 3.8) is 0 Å². The average molecular weight is 347 g/mol. The molecule has 1 aliphatic heterocycles. The summed E-state index contributed by atoms with van der Waals surface area (Å²) in [7, 11) is 0. The molecular weight excluding hydrogens is 327 g/mol. The van der Waals surface area contributed by atoms with Crippen molar-refractivity contribution in [2.75, 3.05) is 23.3 Å². The highest BCUT2D eigenvalue weighted by Gasteiger charge is 2.18. The summed E-state index contributed by atoms with van der Waals surface area (Å²) >= 11 is 6.41. The van der Waals surface area contributed by atoms with E-state index in [1.165, 1.54) is 37.1 Å². The summed E-state index contributed by atoms with van der Waals surface area (Å²) in [5.74, 6) is 0.106. The largest absolute Gasteiger partial charge is 0.370 e. The van der Waals surface area contributed by atoms with Gasteiger partial charge in [-0.15, -0.1) is 0 Å².